The smallest absolute Gasteiger partial charge is 0.335 e. The number of thiazole rings is 1. The van der Waals surface area contributed by atoms with Gasteiger partial charge in [-0.15, -0.1) is 0 Å². The molecule has 22 heavy (non-hydrogen) atoms. The molecule has 0 aliphatic heterocycles. The highest BCUT2D eigenvalue weighted by Crippen LogP contribution is 2.16. The highest BCUT2D eigenvalue weighted by Gasteiger charge is 2.13. The first-order valence-corrected chi connectivity index (χ1v) is 7.45. The summed E-state index contributed by atoms with van der Waals surface area (Å²) in [5, 5.41) is 18.1. The average Bonchev–Trinajstić information content (AvgIpc) is 2.77. The van der Waals surface area contributed by atoms with Gasteiger partial charge in [0.15, 0.2) is 10.6 Å². The van der Waals surface area contributed by atoms with Gasteiger partial charge in [-0.25, -0.2) is 9.79 Å². The van der Waals surface area contributed by atoms with Gasteiger partial charge in [-0.2, -0.15) is 0 Å². The predicted molar refractivity (Wildman–Crippen MR) is 82.8 cm³/mol. The summed E-state index contributed by atoms with van der Waals surface area (Å²) in [6.07, 6.45) is 0. The van der Waals surface area contributed by atoms with Crippen LogP contribution < -0.4 is 4.80 Å². The highest BCUT2D eigenvalue weighted by atomic mass is 32.1. The molecule has 0 unspecified atom stereocenters. The Bertz CT molecular complexity index is 772. The number of nitrogens with zero attached hydrogens (tertiary/aromatic N) is 2. The lowest BCUT2D eigenvalue weighted by Crippen LogP contribution is -2.18. The number of hydrogen-bond acceptors (Lipinski definition) is 5. The second-order valence-corrected chi connectivity index (χ2v) is 5.67. The first-order chi connectivity index (χ1) is 10.4. The molecule has 0 saturated carbocycles. The molecule has 2 rings (SSSR count). The topological polar surface area (TPSA) is 91.9 Å². The van der Waals surface area contributed by atoms with E-state index in [2.05, 4.69) is 4.99 Å². The van der Waals surface area contributed by atoms with E-state index in [-0.39, 0.29) is 18.0 Å². The third kappa shape index (κ3) is 3.32. The van der Waals surface area contributed by atoms with Gasteiger partial charge in [0.1, 0.15) is 0 Å². The Kier molecular flexibility index (Phi) is 4.89. The van der Waals surface area contributed by atoms with Crippen LogP contribution in [0.5, 0.6) is 0 Å². The average molecular weight is 320 g/mol. The minimum absolute atomic E-state index is 0.0446. The van der Waals surface area contributed by atoms with E-state index in [9.17, 15) is 14.7 Å². The number of carbonyl (C=O) groups excluding carboxylic acids is 1. The first kappa shape index (κ1) is 16.1. The largest absolute Gasteiger partial charge is 0.478 e. The molecule has 2 aromatic rings. The Hall–Kier alpha value is -2.25. The molecule has 0 radical (unpaired) electrons. The van der Waals surface area contributed by atoms with Crippen LogP contribution in [0.1, 0.15) is 32.6 Å². The van der Waals surface area contributed by atoms with Crippen molar-refractivity contribution in [1.82, 2.24) is 4.57 Å². The van der Waals surface area contributed by atoms with Crippen molar-refractivity contribution in [3.63, 3.8) is 0 Å². The molecule has 0 aliphatic carbocycles. The van der Waals surface area contributed by atoms with E-state index >= 15 is 0 Å². The molecule has 0 atom stereocenters. The zero-order chi connectivity index (χ0) is 16.3. The van der Waals surface area contributed by atoms with Crippen LogP contribution in [-0.4, -0.2) is 33.1 Å². The standard InChI is InChI=1S/C15H16N2O4S/c1-9-13(10(2)19)22-15(17(9)7-8-18)16-12-5-3-11(4-6-12)14(20)21/h3-6,18H,7-8H2,1-2H3,(H,20,21)/b16-15+. The molecule has 0 aliphatic rings. The second-order valence-electron chi connectivity index (χ2n) is 4.69. The van der Waals surface area contributed by atoms with Crippen LogP contribution in [-0.2, 0) is 6.54 Å². The Balaban J connectivity index is 2.52. The molecule has 2 N–H and O–H groups in total. The summed E-state index contributed by atoms with van der Waals surface area (Å²) < 4.78 is 1.78. The van der Waals surface area contributed by atoms with Crippen molar-refractivity contribution in [1.29, 1.82) is 0 Å². The number of aromatic nitrogens is 1. The Morgan fingerprint density at radius 3 is 2.41 bits per heavy atom. The number of aliphatic hydroxyl groups is 1. The molecule has 0 spiro atoms. The van der Waals surface area contributed by atoms with Crippen LogP contribution in [0.2, 0.25) is 0 Å². The van der Waals surface area contributed by atoms with Gasteiger partial charge in [0, 0.05) is 19.2 Å². The number of ketones is 1. The van der Waals surface area contributed by atoms with Crippen molar-refractivity contribution in [2.24, 2.45) is 4.99 Å². The summed E-state index contributed by atoms with van der Waals surface area (Å²) in [5.41, 5.74) is 1.55. The number of aliphatic hydroxyl groups excluding tert-OH is 1. The molecule has 1 aromatic heterocycles. The molecule has 0 saturated heterocycles. The van der Waals surface area contributed by atoms with E-state index in [0.717, 1.165) is 5.69 Å². The molecular weight excluding hydrogens is 304 g/mol. The summed E-state index contributed by atoms with van der Waals surface area (Å²) in [5.74, 6) is -1.04. The predicted octanol–water partition coefficient (Wildman–Crippen LogP) is 1.98. The van der Waals surface area contributed by atoms with Gasteiger partial charge in [0.2, 0.25) is 0 Å². The van der Waals surface area contributed by atoms with E-state index in [0.29, 0.717) is 21.9 Å². The SMILES string of the molecule is CC(=O)c1s/c(=N/c2ccc(C(=O)O)cc2)n(CCO)c1C. The van der Waals surface area contributed by atoms with Crippen LogP contribution in [0, 0.1) is 6.92 Å². The molecule has 1 heterocycles. The third-order valence-corrected chi connectivity index (χ3v) is 4.42. The maximum atomic E-state index is 11.6. The molecule has 6 nitrogen and oxygen atoms in total. The summed E-state index contributed by atoms with van der Waals surface area (Å²) in [4.78, 5) is 28.1. The number of benzene rings is 1. The fourth-order valence-corrected chi connectivity index (χ4v) is 3.12. The number of rotatable bonds is 5. The van der Waals surface area contributed by atoms with Gasteiger partial charge >= 0.3 is 5.97 Å². The van der Waals surface area contributed by atoms with Crippen molar-refractivity contribution < 1.29 is 19.8 Å². The van der Waals surface area contributed by atoms with Crippen molar-refractivity contribution >= 4 is 28.8 Å². The van der Waals surface area contributed by atoms with Gasteiger partial charge < -0.3 is 14.8 Å². The quantitative estimate of drug-likeness (QED) is 0.824. The molecule has 0 fully saturated rings. The zero-order valence-electron chi connectivity index (χ0n) is 12.2. The molecule has 1 aromatic carbocycles. The van der Waals surface area contributed by atoms with Gasteiger partial charge in [0.05, 0.1) is 22.7 Å². The van der Waals surface area contributed by atoms with E-state index in [1.54, 1.807) is 16.7 Å². The Labute approximate surface area is 131 Å². The van der Waals surface area contributed by atoms with Crippen molar-refractivity contribution in [3.05, 3.63) is 45.2 Å². The molecule has 116 valence electrons. The van der Waals surface area contributed by atoms with Crippen LogP contribution in [0.25, 0.3) is 0 Å². The van der Waals surface area contributed by atoms with Gasteiger partial charge in [0.25, 0.3) is 0 Å². The van der Waals surface area contributed by atoms with Gasteiger partial charge in [-0.1, -0.05) is 11.3 Å². The Morgan fingerprint density at radius 2 is 1.91 bits per heavy atom. The fourth-order valence-electron chi connectivity index (χ4n) is 2.05. The van der Waals surface area contributed by atoms with Crippen LogP contribution >= 0.6 is 11.3 Å². The van der Waals surface area contributed by atoms with Crippen LogP contribution in [0.3, 0.4) is 0 Å². The molecular formula is C15H16N2O4S. The minimum atomic E-state index is -0.993. The van der Waals surface area contributed by atoms with E-state index in [4.69, 9.17) is 5.11 Å². The minimum Gasteiger partial charge on any atom is -0.478 e. The monoisotopic (exact) mass is 320 g/mol. The summed E-state index contributed by atoms with van der Waals surface area (Å²) in [6, 6.07) is 6.16. The molecule has 0 amide bonds. The molecule has 7 heteroatoms. The van der Waals surface area contributed by atoms with Gasteiger partial charge in [-0.05, 0) is 31.2 Å². The van der Waals surface area contributed by atoms with Crippen LogP contribution in [0.15, 0.2) is 29.3 Å². The summed E-state index contributed by atoms with van der Waals surface area (Å²) in [6.45, 7) is 3.60. The normalized spacial score (nSPS) is 11.7. The third-order valence-electron chi connectivity index (χ3n) is 3.14. The summed E-state index contributed by atoms with van der Waals surface area (Å²) >= 11 is 1.26. The number of carbonyl (C=O) groups is 2. The van der Waals surface area contributed by atoms with E-state index < -0.39 is 5.97 Å². The van der Waals surface area contributed by atoms with Crippen LogP contribution in [0.4, 0.5) is 5.69 Å². The van der Waals surface area contributed by atoms with E-state index in [1.165, 1.54) is 30.4 Å². The fraction of sp³-hybridized carbons (Fsp3) is 0.267. The number of hydrogen-bond donors (Lipinski definition) is 2. The lowest BCUT2D eigenvalue weighted by atomic mass is 10.2. The van der Waals surface area contributed by atoms with Crippen molar-refractivity contribution in [2.45, 2.75) is 20.4 Å². The molecule has 0 bridgehead atoms. The maximum Gasteiger partial charge on any atom is 0.335 e. The zero-order valence-corrected chi connectivity index (χ0v) is 13.1. The van der Waals surface area contributed by atoms with Gasteiger partial charge in [-0.3, -0.25) is 4.79 Å². The number of carboxylic acid groups (broad SMARTS) is 1. The number of aromatic carboxylic acids is 1. The van der Waals surface area contributed by atoms with Crippen molar-refractivity contribution in [2.75, 3.05) is 6.61 Å². The highest BCUT2D eigenvalue weighted by molar-refractivity contribution is 7.11. The first-order valence-electron chi connectivity index (χ1n) is 6.64. The number of carboxylic acids is 1. The Morgan fingerprint density at radius 1 is 1.27 bits per heavy atom. The van der Waals surface area contributed by atoms with Crippen molar-refractivity contribution in [3.8, 4) is 0 Å². The van der Waals surface area contributed by atoms with E-state index in [1.807, 2.05) is 6.92 Å². The summed E-state index contributed by atoms with van der Waals surface area (Å²) in [7, 11) is 0. The number of Topliss-reactive ketones (excluding diaryl/α,β-unsaturated/α-hetero) is 1. The maximum absolute atomic E-state index is 11.6. The lowest BCUT2D eigenvalue weighted by Gasteiger charge is -2.03. The lowest BCUT2D eigenvalue weighted by molar-refractivity contribution is 0.0696. The second kappa shape index (κ2) is 6.67.